The van der Waals surface area contributed by atoms with Crippen molar-refractivity contribution in [2.75, 3.05) is 11.9 Å². The van der Waals surface area contributed by atoms with Crippen LogP contribution in [-0.4, -0.2) is 23.5 Å². The number of aliphatic hydroxyl groups is 1. The number of rotatable bonds is 5. The van der Waals surface area contributed by atoms with Crippen LogP contribution < -0.4 is 10.6 Å². The van der Waals surface area contributed by atoms with E-state index >= 15 is 0 Å². The second-order valence-electron chi connectivity index (χ2n) is 5.47. The van der Waals surface area contributed by atoms with Crippen LogP contribution in [0.2, 0.25) is 5.02 Å². The second kappa shape index (κ2) is 7.74. The normalized spacial score (nSPS) is 13.0. The predicted octanol–water partition coefficient (Wildman–Crippen LogP) is 2.99. The Kier molecular flexibility index (Phi) is 5.41. The molecule has 3 rings (SSSR count). The van der Waals surface area contributed by atoms with Gasteiger partial charge in [0.2, 0.25) is 0 Å². The molecule has 0 spiro atoms. The van der Waals surface area contributed by atoms with Crippen molar-refractivity contribution in [1.29, 1.82) is 0 Å². The molecule has 0 aliphatic rings. The van der Waals surface area contributed by atoms with E-state index in [4.69, 9.17) is 16.0 Å². The molecule has 0 saturated carbocycles. The summed E-state index contributed by atoms with van der Waals surface area (Å²) in [5.41, 5.74) is -0.689. The smallest absolute Gasteiger partial charge is 0.313 e. The van der Waals surface area contributed by atoms with E-state index < -0.39 is 17.4 Å². The summed E-state index contributed by atoms with van der Waals surface area (Å²) in [6, 6.07) is 11.7. The van der Waals surface area contributed by atoms with Gasteiger partial charge in [-0.05, 0) is 29.6 Å². The van der Waals surface area contributed by atoms with Gasteiger partial charge < -0.3 is 20.2 Å². The summed E-state index contributed by atoms with van der Waals surface area (Å²) in [5.74, 6) is -1.76. The molecule has 134 valence electrons. The molecule has 3 aromatic rings. The summed E-state index contributed by atoms with van der Waals surface area (Å²) in [7, 11) is 0. The molecule has 3 N–H and O–H groups in total. The van der Waals surface area contributed by atoms with Crippen molar-refractivity contribution in [3.05, 3.63) is 75.8 Å². The molecule has 2 amide bonds. The molecule has 2 aromatic heterocycles. The van der Waals surface area contributed by atoms with E-state index in [1.54, 1.807) is 42.5 Å². The first-order valence-electron chi connectivity index (χ1n) is 7.63. The molecular weight excluding hydrogens is 376 g/mol. The van der Waals surface area contributed by atoms with Gasteiger partial charge >= 0.3 is 11.8 Å². The van der Waals surface area contributed by atoms with Gasteiger partial charge in [0.05, 0.1) is 29.8 Å². The Bertz CT molecular complexity index is 860. The van der Waals surface area contributed by atoms with Gasteiger partial charge in [-0.15, -0.1) is 11.3 Å². The Hall–Kier alpha value is -2.61. The van der Waals surface area contributed by atoms with Gasteiger partial charge in [0.15, 0.2) is 0 Å². The second-order valence-corrected chi connectivity index (χ2v) is 6.82. The van der Waals surface area contributed by atoms with E-state index in [2.05, 4.69) is 10.6 Å². The molecule has 8 heteroatoms. The molecule has 0 aliphatic heterocycles. The molecule has 0 bridgehead atoms. The number of thiophene rings is 1. The minimum atomic E-state index is -1.50. The van der Waals surface area contributed by atoms with Crippen LogP contribution in [0.5, 0.6) is 0 Å². The number of nitrogens with one attached hydrogen (secondary N) is 2. The number of hydrogen-bond acceptors (Lipinski definition) is 5. The molecule has 26 heavy (non-hydrogen) atoms. The van der Waals surface area contributed by atoms with Crippen molar-refractivity contribution >= 4 is 40.4 Å². The highest BCUT2D eigenvalue weighted by molar-refractivity contribution is 7.10. The van der Waals surface area contributed by atoms with Crippen molar-refractivity contribution in [2.45, 2.75) is 5.60 Å². The fourth-order valence-electron chi connectivity index (χ4n) is 2.38. The van der Waals surface area contributed by atoms with Crippen LogP contribution in [-0.2, 0) is 15.2 Å². The first-order valence-corrected chi connectivity index (χ1v) is 8.89. The zero-order chi connectivity index (χ0) is 18.6. The summed E-state index contributed by atoms with van der Waals surface area (Å²) in [6.45, 7) is -0.193. The number of halogens is 1. The van der Waals surface area contributed by atoms with Gasteiger partial charge in [-0.2, -0.15) is 0 Å². The number of furan rings is 1. The van der Waals surface area contributed by atoms with Crippen LogP contribution in [0.3, 0.4) is 0 Å². The zero-order valence-corrected chi connectivity index (χ0v) is 15.0. The van der Waals surface area contributed by atoms with Gasteiger partial charge in [0, 0.05) is 10.4 Å². The highest BCUT2D eigenvalue weighted by atomic mass is 35.5. The first kappa shape index (κ1) is 18.2. The standard InChI is InChI=1S/C18H15ClN2O4S/c19-13-4-1-2-5-14(13)21-17(23)16(22)20-11-18(24,12-7-8-25-10-12)15-6-3-9-26-15/h1-10,24H,11H2,(H,20,22)(H,21,23). The van der Waals surface area contributed by atoms with Gasteiger partial charge in [0.1, 0.15) is 5.60 Å². The lowest BCUT2D eigenvalue weighted by atomic mass is 9.94. The lowest BCUT2D eigenvalue weighted by Gasteiger charge is -2.26. The monoisotopic (exact) mass is 390 g/mol. The van der Waals surface area contributed by atoms with E-state index in [9.17, 15) is 14.7 Å². The zero-order valence-electron chi connectivity index (χ0n) is 13.4. The number of amides is 2. The number of para-hydroxylation sites is 1. The summed E-state index contributed by atoms with van der Waals surface area (Å²) >= 11 is 7.29. The maximum Gasteiger partial charge on any atom is 0.313 e. The van der Waals surface area contributed by atoms with Crippen molar-refractivity contribution in [1.82, 2.24) is 5.32 Å². The Morgan fingerprint density at radius 2 is 1.96 bits per heavy atom. The fourth-order valence-corrected chi connectivity index (χ4v) is 3.40. The lowest BCUT2D eigenvalue weighted by Crippen LogP contribution is -2.44. The molecule has 6 nitrogen and oxygen atoms in total. The average molecular weight is 391 g/mol. The van der Waals surface area contributed by atoms with E-state index in [-0.39, 0.29) is 6.54 Å². The third-order valence-corrected chi connectivity index (χ3v) is 5.11. The topological polar surface area (TPSA) is 91.6 Å². The number of benzene rings is 1. The highest BCUT2D eigenvalue weighted by Crippen LogP contribution is 2.32. The molecule has 0 radical (unpaired) electrons. The maximum atomic E-state index is 12.1. The van der Waals surface area contributed by atoms with Crippen molar-refractivity contribution in [3.63, 3.8) is 0 Å². The third-order valence-electron chi connectivity index (χ3n) is 3.76. The van der Waals surface area contributed by atoms with Crippen molar-refractivity contribution in [2.24, 2.45) is 0 Å². The molecule has 1 unspecified atom stereocenters. The Balaban J connectivity index is 1.70. The Morgan fingerprint density at radius 1 is 1.15 bits per heavy atom. The van der Waals surface area contributed by atoms with Crippen molar-refractivity contribution < 1.29 is 19.1 Å². The summed E-state index contributed by atoms with van der Waals surface area (Å²) in [6.07, 6.45) is 2.83. The number of anilines is 1. The fraction of sp³-hybridized carbons (Fsp3) is 0.111. The Morgan fingerprint density at radius 3 is 2.62 bits per heavy atom. The third kappa shape index (κ3) is 3.80. The highest BCUT2D eigenvalue weighted by Gasteiger charge is 2.35. The molecule has 0 aliphatic carbocycles. The van der Waals surface area contributed by atoms with Crippen LogP contribution in [0.25, 0.3) is 0 Å². The quantitative estimate of drug-likeness (QED) is 0.584. The average Bonchev–Trinajstić information content (AvgIpc) is 3.35. The van der Waals surface area contributed by atoms with Crippen LogP contribution in [0.4, 0.5) is 5.69 Å². The molecular formula is C18H15ClN2O4S. The summed E-state index contributed by atoms with van der Waals surface area (Å²) < 4.78 is 5.04. The van der Waals surface area contributed by atoms with E-state index in [1.165, 1.54) is 23.9 Å². The number of carbonyl (C=O) groups is 2. The Labute approximate surface area is 158 Å². The van der Waals surface area contributed by atoms with E-state index in [0.29, 0.717) is 21.2 Å². The van der Waals surface area contributed by atoms with Gasteiger partial charge in [-0.1, -0.05) is 29.8 Å². The number of carbonyl (C=O) groups excluding carboxylic acids is 2. The molecule has 1 atom stereocenters. The maximum absolute atomic E-state index is 12.1. The van der Waals surface area contributed by atoms with Gasteiger partial charge in [-0.3, -0.25) is 9.59 Å². The first-order chi connectivity index (χ1) is 12.5. The largest absolute Gasteiger partial charge is 0.472 e. The summed E-state index contributed by atoms with van der Waals surface area (Å²) in [5, 5.41) is 18.1. The van der Waals surface area contributed by atoms with Crippen molar-refractivity contribution in [3.8, 4) is 0 Å². The van der Waals surface area contributed by atoms with Gasteiger partial charge in [0.25, 0.3) is 0 Å². The minimum absolute atomic E-state index is 0.193. The summed E-state index contributed by atoms with van der Waals surface area (Å²) in [4.78, 5) is 24.8. The van der Waals surface area contributed by atoms with Gasteiger partial charge in [-0.25, -0.2) is 0 Å². The SMILES string of the molecule is O=C(NCC(O)(c1ccoc1)c1cccs1)C(=O)Nc1ccccc1Cl. The van der Waals surface area contributed by atoms with E-state index in [1.807, 2.05) is 5.38 Å². The molecule has 0 fully saturated rings. The van der Waals surface area contributed by atoms with Crippen LogP contribution in [0, 0.1) is 0 Å². The van der Waals surface area contributed by atoms with E-state index in [0.717, 1.165) is 0 Å². The molecule has 1 aromatic carbocycles. The van der Waals surface area contributed by atoms with Crippen LogP contribution >= 0.6 is 22.9 Å². The molecule has 2 heterocycles. The number of hydrogen-bond donors (Lipinski definition) is 3. The lowest BCUT2D eigenvalue weighted by molar-refractivity contribution is -0.136. The predicted molar refractivity (Wildman–Crippen MR) is 99.1 cm³/mol. The minimum Gasteiger partial charge on any atom is -0.472 e. The van der Waals surface area contributed by atoms with Crippen LogP contribution in [0.15, 0.2) is 64.8 Å². The van der Waals surface area contributed by atoms with Crippen LogP contribution in [0.1, 0.15) is 10.4 Å². The molecule has 0 saturated heterocycles.